The molecule has 0 saturated carbocycles. The van der Waals surface area contributed by atoms with Gasteiger partial charge < -0.3 is 9.15 Å². The molecule has 0 unspecified atom stereocenters. The number of ether oxygens (including phenoxy) is 1. The number of hydrogen-bond donors (Lipinski definition) is 0. The number of hydrogen-bond acceptors (Lipinski definition) is 4. The summed E-state index contributed by atoms with van der Waals surface area (Å²) in [7, 11) is 0. The van der Waals surface area contributed by atoms with Crippen molar-refractivity contribution in [2.75, 3.05) is 6.61 Å². The molecule has 0 N–H and O–H groups in total. The summed E-state index contributed by atoms with van der Waals surface area (Å²) in [5, 5.41) is 0.495. The molecule has 1 heterocycles. The summed E-state index contributed by atoms with van der Waals surface area (Å²) in [6.07, 6.45) is 1.63. The molecule has 22 heavy (non-hydrogen) atoms. The predicted molar refractivity (Wildman–Crippen MR) is 85.3 cm³/mol. The average molecular weight is 295 g/mol. The maximum absolute atomic E-state index is 12.0. The maximum atomic E-state index is 12.0. The molecular weight excluding hydrogens is 278 g/mol. The van der Waals surface area contributed by atoms with Gasteiger partial charge in [-0.05, 0) is 29.7 Å². The summed E-state index contributed by atoms with van der Waals surface area (Å²) in [4.78, 5) is 16.3. The summed E-state index contributed by atoms with van der Waals surface area (Å²) >= 11 is 0. The molecule has 3 rings (SSSR count). The Bertz CT molecular complexity index is 825. The fraction of sp³-hybridized carbons (Fsp3) is 0.222. The lowest BCUT2D eigenvalue weighted by Gasteiger charge is -2.05. The van der Waals surface area contributed by atoms with Gasteiger partial charge in [0.2, 0.25) is 0 Å². The molecule has 112 valence electrons. The molecule has 0 atom stereocenters. The molecule has 0 spiro atoms. The predicted octanol–water partition coefficient (Wildman–Crippen LogP) is 3.37. The third kappa shape index (κ3) is 3.17. The highest BCUT2D eigenvalue weighted by Crippen LogP contribution is 2.15. The van der Waals surface area contributed by atoms with Crippen molar-refractivity contribution in [3.8, 4) is 6.08 Å². The second-order valence-electron chi connectivity index (χ2n) is 5.06. The molecule has 0 aliphatic heterocycles. The number of aryl methyl sites for hydroxylation is 1. The quantitative estimate of drug-likeness (QED) is 0.724. The molecule has 0 fully saturated rings. The van der Waals surface area contributed by atoms with Crippen LogP contribution < -0.4 is 10.4 Å². The van der Waals surface area contributed by atoms with Crippen LogP contribution in [0.3, 0.4) is 0 Å². The molecular formula is C18H17NO3. The number of fused-ring (bicyclic) bond motifs is 1. The van der Waals surface area contributed by atoms with Crippen molar-refractivity contribution in [2.24, 2.45) is 0 Å². The summed E-state index contributed by atoms with van der Waals surface area (Å²) < 4.78 is 10.6. The summed E-state index contributed by atoms with van der Waals surface area (Å²) in [6, 6.07) is 15.6. The van der Waals surface area contributed by atoms with E-state index in [4.69, 9.17) is 9.15 Å². The second-order valence-corrected chi connectivity index (χ2v) is 5.06. The normalized spacial score (nSPS) is 10.8. The molecule has 0 bridgehead atoms. The third-order valence-electron chi connectivity index (χ3n) is 3.54. The Hall–Kier alpha value is -2.62. The lowest BCUT2D eigenvalue weighted by Crippen LogP contribution is -2.08. The first-order chi connectivity index (χ1) is 10.8. The highest BCUT2D eigenvalue weighted by Gasteiger charge is 2.08. The average Bonchev–Trinajstić information content (AvgIpc) is 2.56. The van der Waals surface area contributed by atoms with Crippen molar-refractivity contribution in [3.05, 3.63) is 70.1 Å². The van der Waals surface area contributed by atoms with Crippen LogP contribution >= 0.6 is 0 Å². The van der Waals surface area contributed by atoms with Gasteiger partial charge in [0.05, 0.1) is 17.5 Å². The molecule has 1 aromatic heterocycles. The van der Waals surface area contributed by atoms with Crippen LogP contribution in [0.2, 0.25) is 0 Å². The minimum atomic E-state index is -0.407. The van der Waals surface area contributed by atoms with Gasteiger partial charge in [0, 0.05) is 6.42 Å². The molecule has 3 aromatic rings. The molecule has 2 aromatic carbocycles. The zero-order chi connectivity index (χ0) is 15.4. The smallest absolute Gasteiger partial charge is 0.397 e. The van der Waals surface area contributed by atoms with Crippen molar-refractivity contribution < 1.29 is 9.15 Å². The summed E-state index contributed by atoms with van der Waals surface area (Å²) in [5.74, 6) is 0. The molecule has 0 saturated heterocycles. The molecule has 0 radical (unpaired) electrons. The van der Waals surface area contributed by atoms with E-state index in [0.29, 0.717) is 17.5 Å². The number of benzene rings is 2. The zero-order valence-electron chi connectivity index (χ0n) is 12.4. The van der Waals surface area contributed by atoms with Gasteiger partial charge in [-0.25, -0.2) is 4.79 Å². The van der Waals surface area contributed by atoms with Crippen molar-refractivity contribution in [3.63, 3.8) is 0 Å². The first-order valence-corrected chi connectivity index (χ1v) is 7.37. The molecule has 4 nitrogen and oxygen atoms in total. The summed E-state index contributed by atoms with van der Waals surface area (Å²) in [6.45, 7) is 2.45. The Kier molecular flexibility index (Phi) is 4.19. The van der Waals surface area contributed by atoms with Crippen LogP contribution in [0.25, 0.3) is 10.9 Å². The van der Waals surface area contributed by atoms with E-state index in [9.17, 15) is 4.79 Å². The third-order valence-corrected chi connectivity index (χ3v) is 3.54. The Morgan fingerprint density at radius 3 is 2.68 bits per heavy atom. The first-order valence-electron chi connectivity index (χ1n) is 7.37. The Morgan fingerprint density at radius 2 is 1.91 bits per heavy atom. The lowest BCUT2D eigenvalue weighted by molar-refractivity contribution is 0.219. The highest BCUT2D eigenvalue weighted by atomic mass is 16.6. The lowest BCUT2D eigenvalue weighted by atomic mass is 10.1. The number of nitrogens with zero attached hydrogens (tertiary/aromatic N) is 1. The Morgan fingerprint density at radius 1 is 1.09 bits per heavy atom. The molecule has 0 aliphatic carbocycles. The zero-order valence-corrected chi connectivity index (χ0v) is 12.4. The van der Waals surface area contributed by atoms with Crippen LogP contribution in [0.5, 0.6) is 6.08 Å². The Labute approximate surface area is 128 Å². The van der Waals surface area contributed by atoms with E-state index in [1.54, 1.807) is 0 Å². The largest absolute Gasteiger partial charge is 0.450 e. The van der Waals surface area contributed by atoms with Gasteiger partial charge in [-0.3, -0.25) is 0 Å². The topological polar surface area (TPSA) is 52.3 Å². The van der Waals surface area contributed by atoms with Crippen molar-refractivity contribution in [1.82, 2.24) is 4.98 Å². The van der Waals surface area contributed by atoms with Crippen molar-refractivity contribution in [1.29, 1.82) is 0 Å². The van der Waals surface area contributed by atoms with Gasteiger partial charge in [0.15, 0.2) is 0 Å². The van der Waals surface area contributed by atoms with E-state index in [2.05, 4.69) is 4.98 Å². The summed E-state index contributed by atoms with van der Waals surface area (Å²) in [5.41, 5.74) is 2.44. The standard InChI is InChI=1S/C18H17NO3/c1-2-13-8-9-16-15(12-13)17(20)22-18(19-16)21-11-10-14-6-4-3-5-7-14/h3-9,12H,2,10-11H2,1H3. The first kappa shape index (κ1) is 14.3. The van der Waals surface area contributed by atoms with Crippen LogP contribution in [-0.4, -0.2) is 11.6 Å². The number of aromatic nitrogens is 1. The fourth-order valence-corrected chi connectivity index (χ4v) is 2.28. The van der Waals surface area contributed by atoms with Crippen molar-refractivity contribution in [2.45, 2.75) is 19.8 Å². The van der Waals surface area contributed by atoms with E-state index < -0.39 is 5.63 Å². The van der Waals surface area contributed by atoms with Gasteiger partial charge in [0.1, 0.15) is 0 Å². The second kappa shape index (κ2) is 6.43. The maximum Gasteiger partial charge on any atom is 0.397 e. The van der Waals surface area contributed by atoms with E-state index in [1.165, 1.54) is 5.56 Å². The Balaban J connectivity index is 1.76. The SMILES string of the molecule is CCc1ccc2nc(OCCc3ccccc3)oc(=O)c2c1. The minimum Gasteiger partial charge on any atom is -0.450 e. The highest BCUT2D eigenvalue weighted by molar-refractivity contribution is 5.77. The van der Waals surface area contributed by atoms with Crippen molar-refractivity contribution >= 4 is 10.9 Å². The minimum absolute atomic E-state index is 0.0256. The van der Waals surface area contributed by atoms with E-state index in [0.717, 1.165) is 18.4 Å². The molecule has 4 heteroatoms. The molecule has 0 aliphatic rings. The van der Waals surface area contributed by atoms with E-state index >= 15 is 0 Å². The van der Waals surface area contributed by atoms with Gasteiger partial charge >= 0.3 is 11.7 Å². The van der Waals surface area contributed by atoms with Crippen LogP contribution in [0.1, 0.15) is 18.1 Å². The number of rotatable bonds is 5. The van der Waals surface area contributed by atoms with Gasteiger partial charge in [-0.1, -0.05) is 43.3 Å². The van der Waals surface area contributed by atoms with Gasteiger partial charge in [-0.15, -0.1) is 0 Å². The monoisotopic (exact) mass is 295 g/mol. The van der Waals surface area contributed by atoms with Crippen LogP contribution in [0.15, 0.2) is 57.7 Å². The van der Waals surface area contributed by atoms with Gasteiger partial charge in [-0.2, -0.15) is 4.98 Å². The van der Waals surface area contributed by atoms with Crippen LogP contribution in [0.4, 0.5) is 0 Å². The molecule has 0 amide bonds. The van der Waals surface area contributed by atoms with Crippen LogP contribution in [0, 0.1) is 0 Å². The van der Waals surface area contributed by atoms with Gasteiger partial charge in [0.25, 0.3) is 0 Å². The fourth-order valence-electron chi connectivity index (χ4n) is 2.28. The van der Waals surface area contributed by atoms with E-state index in [-0.39, 0.29) is 6.08 Å². The van der Waals surface area contributed by atoms with E-state index in [1.807, 2.05) is 55.5 Å². The van der Waals surface area contributed by atoms with Crippen LogP contribution in [-0.2, 0) is 12.8 Å².